The minimum atomic E-state index is 0.156. The fourth-order valence-electron chi connectivity index (χ4n) is 6.95. The van der Waals surface area contributed by atoms with Crippen molar-refractivity contribution in [3.05, 3.63) is 161 Å². The molecule has 202 valence electrons. The zero-order valence-corrected chi connectivity index (χ0v) is 24.3. The second kappa shape index (κ2) is 10.8. The third-order valence-corrected chi connectivity index (χ3v) is 8.78. The standard InChI is InChI=1S/C42H34/c1-4-6-17-30-27-39(34-22-10-9-21-33(34)31(30)5-2)41-35-23-11-13-25-37(35)42(38-26-14-12-24-36(38)41)40-28(3)16-15-19-29-18-7-8-20-32(29)40/h5-27,40H,2,4H2,1,3H3/b17-6-. The average molecular weight is 539 g/mol. The van der Waals surface area contributed by atoms with E-state index in [1.807, 2.05) is 6.08 Å². The highest BCUT2D eigenvalue weighted by molar-refractivity contribution is 6.20. The first kappa shape index (κ1) is 26.0. The Morgan fingerprint density at radius 2 is 1.31 bits per heavy atom. The Balaban J connectivity index is 1.65. The lowest BCUT2D eigenvalue weighted by Gasteiger charge is -2.26. The molecule has 1 unspecified atom stereocenters. The Morgan fingerprint density at radius 1 is 0.714 bits per heavy atom. The van der Waals surface area contributed by atoms with Crippen LogP contribution in [0.25, 0.3) is 61.7 Å². The van der Waals surface area contributed by atoms with Gasteiger partial charge in [0.1, 0.15) is 0 Å². The first-order valence-corrected chi connectivity index (χ1v) is 14.9. The van der Waals surface area contributed by atoms with Gasteiger partial charge in [-0.1, -0.05) is 153 Å². The monoisotopic (exact) mass is 538 g/mol. The molecule has 0 aromatic heterocycles. The molecule has 1 aliphatic carbocycles. The minimum Gasteiger partial charge on any atom is -0.0984 e. The summed E-state index contributed by atoms with van der Waals surface area (Å²) >= 11 is 0. The molecule has 0 radical (unpaired) electrons. The molecule has 0 heterocycles. The summed E-state index contributed by atoms with van der Waals surface area (Å²) in [5, 5.41) is 7.68. The molecular formula is C42H34. The quantitative estimate of drug-likeness (QED) is 0.191. The molecular weight excluding hydrogens is 504 g/mol. The summed E-state index contributed by atoms with van der Waals surface area (Å²) in [6.45, 7) is 8.67. The second-order valence-corrected chi connectivity index (χ2v) is 11.2. The van der Waals surface area contributed by atoms with Gasteiger partial charge in [-0.2, -0.15) is 0 Å². The van der Waals surface area contributed by atoms with Crippen LogP contribution >= 0.6 is 0 Å². The van der Waals surface area contributed by atoms with E-state index in [-0.39, 0.29) is 5.92 Å². The highest BCUT2D eigenvalue weighted by Gasteiger charge is 2.26. The van der Waals surface area contributed by atoms with Crippen LogP contribution in [0.1, 0.15) is 54.0 Å². The van der Waals surface area contributed by atoms with Gasteiger partial charge in [-0.3, -0.25) is 0 Å². The number of hydrogen-bond donors (Lipinski definition) is 0. The Bertz CT molecular complexity index is 2040. The van der Waals surface area contributed by atoms with Crippen LogP contribution in [0.4, 0.5) is 0 Å². The maximum atomic E-state index is 4.20. The van der Waals surface area contributed by atoms with Crippen molar-refractivity contribution in [1.29, 1.82) is 0 Å². The van der Waals surface area contributed by atoms with Crippen LogP contribution in [0.2, 0.25) is 0 Å². The van der Waals surface area contributed by atoms with Gasteiger partial charge < -0.3 is 0 Å². The van der Waals surface area contributed by atoms with Crippen LogP contribution in [0, 0.1) is 0 Å². The lowest BCUT2D eigenvalue weighted by Crippen LogP contribution is -2.07. The van der Waals surface area contributed by atoms with Gasteiger partial charge in [-0.15, -0.1) is 0 Å². The predicted molar refractivity (Wildman–Crippen MR) is 185 cm³/mol. The number of fused-ring (bicyclic) bond motifs is 4. The van der Waals surface area contributed by atoms with E-state index >= 15 is 0 Å². The highest BCUT2D eigenvalue weighted by Crippen LogP contribution is 2.48. The number of rotatable bonds is 5. The van der Waals surface area contributed by atoms with Gasteiger partial charge in [0.2, 0.25) is 0 Å². The van der Waals surface area contributed by atoms with E-state index in [0.29, 0.717) is 0 Å². The normalized spacial score (nSPS) is 14.8. The van der Waals surface area contributed by atoms with Crippen LogP contribution in [0.15, 0.2) is 134 Å². The molecule has 1 atom stereocenters. The molecule has 0 aliphatic heterocycles. The van der Waals surface area contributed by atoms with E-state index in [9.17, 15) is 0 Å². The molecule has 6 aromatic carbocycles. The average Bonchev–Trinajstić information content (AvgIpc) is 3.20. The van der Waals surface area contributed by atoms with Gasteiger partial charge in [0.05, 0.1) is 0 Å². The minimum absolute atomic E-state index is 0.156. The van der Waals surface area contributed by atoms with Gasteiger partial charge in [0, 0.05) is 5.92 Å². The Hall–Kier alpha value is -4.94. The number of hydrogen-bond acceptors (Lipinski definition) is 0. The van der Waals surface area contributed by atoms with Crippen molar-refractivity contribution in [2.45, 2.75) is 26.2 Å². The predicted octanol–water partition coefficient (Wildman–Crippen LogP) is 12.0. The van der Waals surface area contributed by atoms with Crippen LogP contribution in [0.5, 0.6) is 0 Å². The summed E-state index contributed by atoms with van der Waals surface area (Å²) < 4.78 is 0. The summed E-state index contributed by atoms with van der Waals surface area (Å²) in [5.41, 5.74) is 10.3. The smallest absolute Gasteiger partial charge is 0.0317 e. The van der Waals surface area contributed by atoms with Crippen LogP contribution in [0.3, 0.4) is 0 Å². The van der Waals surface area contributed by atoms with E-state index in [2.05, 4.69) is 154 Å². The maximum Gasteiger partial charge on any atom is 0.0317 e. The van der Waals surface area contributed by atoms with Crippen LogP contribution in [-0.2, 0) is 0 Å². The van der Waals surface area contributed by atoms with Crippen molar-refractivity contribution >= 4 is 50.5 Å². The molecule has 7 rings (SSSR count). The van der Waals surface area contributed by atoms with E-state index < -0.39 is 0 Å². The van der Waals surface area contributed by atoms with Crippen molar-refractivity contribution in [1.82, 2.24) is 0 Å². The summed E-state index contributed by atoms with van der Waals surface area (Å²) in [6, 6.07) is 38.1. The van der Waals surface area contributed by atoms with Crippen molar-refractivity contribution in [2.24, 2.45) is 0 Å². The van der Waals surface area contributed by atoms with Gasteiger partial charge in [-0.25, -0.2) is 0 Å². The summed E-state index contributed by atoms with van der Waals surface area (Å²) in [6.07, 6.45) is 14.2. The Labute approximate surface area is 248 Å². The van der Waals surface area contributed by atoms with E-state index in [4.69, 9.17) is 0 Å². The first-order chi connectivity index (χ1) is 20.7. The summed E-state index contributed by atoms with van der Waals surface area (Å²) in [5.74, 6) is 0.156. The molecule has 0 N–H and O–H groups in total. The van der Waals surface area contributed by atoms with Crippen molar-refractivity contribution in [2.75, 3.05) is 0 Å². The summed E-state index contributed by atoms with van der Waals surface area (Å²) in [7, 11) is 0. The largest absolute Gasteiger partial charge is 0.0984 e. The van der Waals surface area contributed by atoms with Gasteiger partial charge in [-0.05, 0) is 90.7 Å². The molecule has 0 saturated carbocycles. The molecule has 0 nitrogen and oxygen atoms in total. The number of benzene rings is 6. The van der Waals surface area contributed by atoms with E-state index in [0.717, 1.165) is 6.42 Å². The molecule has 0 spiro atoms. The van der Waals surface area contributed by atoms with E-state index in [1.165, 1.54) is 76.8 Å². The maximum absolute atomic E-state index is 4.20. The fraction of sp³-hybridized carbons (Fsp3) is 0.0952. The molecule has 0 bridgehead atoms. The molecule has 1 aliphatic rings. The second-order valence-electron chi connectivity index (χ2n) is 11.2. The number of allylic oxidation sites excluding steroid dienone is 4. The lowest BCUT2D eigenvalue weighted by atomic mass is 9.77. The lowest BCUT2D eigenvalue weighted by molar-refractivity contribution is 0.966. The van der Waals surface area contributed by atoms with Gasteiger partial charge in [0.15, 0.2) is 0 Å². The molecule has 0 saturated heterocycles. The Morgan fingerprint density at radius 3 is 1.98 bits per heavy atom. The third kappa shape index (κ3) is 4.14. The summed E-state index contributed by atoms with van der Waals surface area (Å²) in [4.78, 5) is 0. The van der Waals surface area contributed by atoms with Crippen molar-refractivity contribution < 1.29 is 0 Å². The third-order valence-electron chi connectivity index (χ3n) is 8.78. The van der Waals surface area contributed by atoms with Crippen LogP contribution < -0.4 is 0 Å². The molecule has 6 aromatic rings. The molecule has 42 heavy (non-hydrogen) atoms. The van der Waals surface area contributed by atoms with Gasteiger partial charge >= 0.3 is 0 Å². The van der Waals surface area contributed by atoms with Crippen LogP contribution in [-0.4, -0.2) is 0 Å². The van der Waals surface area contributed by atoms with Crippen molar-refractivity contribution in [3.63, 3.8) is 0 Å². The molecule has 0 heteroatoms. The van der Waals surface area contributed by atoms with Gasteiger partial charge in [0.25, 0.3) is 0 Å². The molecule has 0 amide bonds. The van der Waals surface area contributed by atoms with Crippen molar-refractivity contribution in [3.8, 4) is 11.1 Å². The molecule has 0 fully saturated rings. The first-order valence-electron chi connectivity index (χ1n) is 14.9. The zero-order valence-electron chi connectivity index (χ0n) is 24.3. The highest BCUT2D eigenvalue weighted by atomic mass is 14.3. The topological polar surface area (TPSA) is 0 Å². The SMILES string of the molecule is C=Cc1c(/C=C\CC)cc(-c2c3ccccc3c(C3C(C)=CC=Cc4ccccc43)c3ccccc23)c2ccccc12. The zero-order chi connectivity index (χ0) is 28.6. The van der Waals surface area contributed by atoms with E-state index in [1.54, 1.807) is 0 Å². The Kier molecular flexibility index (Phi) is 6.68. The fourth-order valence-corrected chi connectivity index (χ4v) is 6.95.